The van der Waals surface area contributed by atoms with Crippen LogP contribution in [0.4, 0.5) is 0 Å². The van der Waals surface area contributed by atoms with Crippen LogP contribution in [0.2, 0.25) is 0 Å². The number of hydrogen-bond donors (Lipinski definition) is 2. The predicted octanol–water partition coefficient (Wildman–Crippen LogP) is 1.73. The molecule has 5 heteroatoms. The van der Waals surface area contributed by atoms with Crippen LogP contribution >= 0.6 is 0 Å². The molecule has 0 atom stereocenters. The number of rotatable bonds is 6. The van der Waals surface area contributed by atoms with E-state index >= 15 is 0 Å². The third kappa shape index (κ3) is 5.34. The first-order chi connectivity index (χ1) is 9.96. The topological polar surface area (TPSA) is 58.9 Å². The van der Waals surface area contributed by atoms with Gasteiger partial charge in [0.25, 0.3) is 0 Å². The smallest absolute Gasteiger partial charge is 0.488 e. The molecule has 1 aromatic rings. The van der Waals surface area contributed by atoms with Gasteiger partial charge in [0.1, 0.15) is 12.4 Å². The van der Waals surface area contributed by atoms with Gasteiger partial charge in [-0.15, -0.1) is 0 Å². The Morgan fingerprint density at radius 3 is 2.29 bits per heavy atom. The average molecular weight is 292 g/mol. The van der Waals surface area contributed by atoms with Crippen LogP contribution in [0.15, 0.2) is 24.3 Å². The molecule has 1 aromatic carbocycles. The summed E-state index contributed by atoms with van der Waals surface area (Å²) in [5.41, 5.74) is 0.929. The second-order valence-corrected chi connectivity index (χ2v) is 6.53. The van der Waals surface area contributed by atoms with Crippen molar-refractivity contribution in [3.8, 4) is 5.75 Å². The molecule has 4 nitrogen and oxygen atoms in total. The maximum absolute atomic E-state index is 9.00. The highest BCUT2D eigenvalue weighted by Crippen LogP contribution is 2.36. The Morgan fingerprint density at radius 1 is 1.10 bits per heavy atom. The van der Waals surface area contributed by atoms with E-state index in [4.69, 9.17) is 19.5 Å². The van der Waals surface area contributed by atoms with Crippen molar-refractivity contribution in [3.05, 3.63) is 24.3 Å². The lowest BCUT2D eigenvalue weighted by Gasteiger charge is -2.34. The van der Waals surface area contributed by atoms with Crippen LogP contribution in [-0.2, 0) is 4.74 Å². The van der Waals surface area contributed by atoms with Crippen molar-refractivity contribution in [1.29, 1.82) is 0 Å². The van der Waals surface area contributed by atoms with Gasteiger partial charge in [-0.25, -0.2) is 0 Å². The summed E-state index contributed by atoms with van der Waals surface area (Å²) in [5, 5.41) is 18.0. The van der Waals surface area contributed by atoms with Crippen molar-refractivity contribution >= 4 is 12.6 Å². The van der Waals surface area contributed by atoms with Gasteiger partial charge < -0.3 is 19.5 Å². The monoisotopic (exact) mass is 292 g/mol. The van der Waals surface area contributed by atoms with Crippen molar-refractivity contribution in [3.63, 3.8) is 0 Å². The van der Waals surface area contributed by atoms with Crippen LogP contribution < -0.4 is 10.2 Å². The minimum atomic E-state index is -1.43. The first-order valence-electron chi connectivity index (χ1n) is 7.67. The third-order valence-corrected chi connectivity index (χ3v) is 4.17. The summed E-state index contributed by atoms with van der Waals surface area (Å²) in [6.07, 6.45) is 5.09. The fraction of sp³-hybridized carbons (Fsp3) is 0.625. The molecule has 0 aliphatic heterocycles. The van der Waals surface area contributed by atoms with Gasteiger partial charge in [-0.1, -0.05) is 26.0 Å². The first kappa shape index (κ1) is 16.3. The van der Waals surface area contributed by atoms with E-state index < -0.39 is 7.12 Å². The van der Waals surface area contributed by atoms with Gasteiger partial charge >= 0.3 is 7.12 Å². The SMILES string of the molecule is CC1(C)CCC(OCCOc2ccc(B(O)O)cc2)CC1. The zero-order valence-electron chi connectivity index (χ0n) is 12.9. The predicted molar refractivity (Wildman–Crippen MR) is 83.8 cm³/mol. The van der Waals surface area contributed by atoms with Gasteiger partial charge in [-0.3, -0.25) is 0 Å². The van der Waals surface area contributed by atoms with Crippen molar-refractivity contribution in [2.75, 3.05) is 13.2 Å². The van der Waals surface area contributed by atoms with Gasteiger partial charge in [0.05, 0.1) is 12.7 Å². The largest absolute Gasteiger partial charge is 0.491 e. The minimum Gasteiger partial charge on any atom is -0.491 e. The van der Waals surface area contributed by atoms with Gasteiger partial charge in [0.2, 0.25) is 0 Å². The summed E-state index contributed by atoms with van der Waals surface area (Å²) < 4.78 is 11.4. The Balaban J connectivity index is 1.64. The van der Waals surface area contributed by atoms with Crippen LogP contribution in [0.5, 0.6) is 5.75 Å². The molecule has 0 radical (unpaired) electrons. The highest BCUT2D eigenvalue weighted by Gasteiger charge is 2.26. The molecule has 1 aliphatic carbocycles. The second kappa shape index (κ2) is 7.30. The van der Waals surface area contributed by atoms with E-state index in [9.17, 15) is 0 Å². The molecule has 1 aliphatic rings. The molecule has 0 heterocycles. The second-order valence-electron chi connectivity index (χ2n) is 6.53. The molecule has 2 rings (SSSR count). The average Bonchev–Trinajstić information content (AvgIpc) is 2.45. The Bertz CT molecular complexity index is 420. The lowest BCUT2D eigenvalue weighted by molar-refractivity contribution is -0.00731. The lowest BCUT2D eigenvalue weighted by Crippen LogP contribution is -2.29. The molecule has 0 saturated heterocycles. The summed E-state index contributed by atoms with van der Waals surface area (Å²) >= 11 is 0. The van der Waals surface area contributed by atoms with E-state index in [-0.39, 0.29) is 0 Å². The molecule has 2 N–H and O–H groups in total. The van der Waals surface area contributed by atoms with Crippen LogP contribution in [0.1, 0.15) is 39.5 Å². The summed E-state index contributed by atoms with van der Waals surface area (Å²) in [6.45, 7) is 5.75. The van der Waals surface area contributed by atoms with E-state index in [1.807, 2.05) is 0 Å². The highest BCUT2D eigenvalue weighted by atomic mass is 16.5. The molecule has 0 aromatic heterocycles. The van der Waals surface area contributed by atoms with Gasteiger partial charge in [-0.05, 0) is 48.7 Å². The maximum atomic E-state index is 9.00. The molecular weight excluding hydrogens is 267 g/mol. The maximum Gasteiger partial charge on any atom is 0.488 e. The zero-order valence-corrected chi connectivity index (χ0v) is 12.9. The van der Waals surface area contributed by atoms with Crippen LogP contribution in [0.3, 0.4) is 0 Å². The van der Waals surface area contributed by atoms with E-state index in [2.05, 4.69) is 13.8 Å². The van der Waals surface area contributed by atoms with Crippen molar-refractivity contribution < 1.29 is 19.5 Å². The fourth-order valence-corrected chi connectivity index (χ4v) is 2.65. The van der Waals surface area contributed by atoms with Crippen LogP contribution in [0, 0.1) is 5.41 Å². The van der Waals surface area contributed by atoms with Gasteiger partial charge in [0, 0.05) is 0 Å². The standard InChI is InChI=1S/C16H25BO4/c1-16(2)9-7-15(8-10-16)21-12-11-20-14-5-3-13(4-6-14)17(18)19/h3-6,15,18-19H,7-12H2,1-2H3. The van der Waals surface area contributed by atoms with Gasteiger partial charge in [0.15, 0.2) is 0 Å². The summed E-state index contributed by atoms with van der Waals surface area (Å²) in [6, 6.07) is 6.75. The molecule has 0 spiro atoms. The number of ether oxygens (including phenoxy) is 2. The normalized spacial score (nSPS) is 18.5. The first-order valence-corrected chi connectivity index (χ1v) is 7.67. The Hall–Kier alpha value is -1.04. The Labute approximate surface area is 127 Å². The molecule has 21 heavy (non-hydrogen) atoms. The highest BCUT2D eigenvalue weighted by molar-refractivity contribution is 6.58. The Kier molecular flexibility index (Phi) is 5.68. The van der Waals surface area contributed by atoms with E-state index in [1.54, 1.807) is 24.3 Å². The van der Waals surface area contributed by atoms with Crippen LogP contribution in [-0.4, -0.2) is 36.5 Å². The summed E-state index contributed by atoms with van der Waals surface area (Å²) in [5.74, 6) is 0.716. The van der Waals surface area contributed by atoms with E-state index in [0.717, 1.165) is 12.8 Å². The Morgan fingerprint density at radius 2 is 1.71 bits per heavy atom. The lowest BCUT2D eigenvalue weighted by atomic mass is 9.76. The van der Waals surface area contributed by atoms with Crippen molar-refractivity contribution in [1.82, 2.24) is 0 Å². The molecule has 0 amide bonds. The van der Waals surface area contributed by atoms with E-state index in [1.165, 1.54) is 12.8 Å². The van der Waals surface area contributed by atoms with Crippen molar-refractivity contribution in [2.24, 2.45) is 5.41 Å². The molecule has 0 bridgehead atoms. The third-order valence-electron chi connectivity index (χ3n) is 4.17. The quantitative estimate of drug-likeness (QED) is 0.619. The van der Waals surface area contributed by atoms with Crippen molar-refractivity contribution in [2.45, 2.75) is 45.6 Å². The van der Waals surface area contributed by atoms with E-state index in [0.29, 0.717) is 35.9 Å². The minimum absolute atomic E-state index is 0.369. The zero-order chi connectivity index (χ0) is 15.3. The molecule has 1 fully saturated rings. The van der Waals surface area contributed by atoms with Gasteiger partial charge in [-0.2, -0.15) is 0 Å². The number of benzene rings is 1. The van der Waals surface area contributed by atoms with Crippen LogP contribution in [0.25, 0.3) is 0 Å². The fourth-order valence-electron chi connectivity index (χ4n) is 2.65. The summed E-state index contributed by atoms with van der Waals surface area (Å²) in [4.78, 5) is 0. The molecular formula is C16H25BO4. The number of hydrogen-bond acceptors (Lipinski definition) is 4. The molecule has 0 unspecified atom stereocenters. The summed E-state index contributed by atoms with van der Waals surface area (Å²) in [7, 11) is -1.43. The molecule has 116 valence electrons. The molecule has 1 saturated carbocycles.